The monoisotopic (exact) mass is 251 g/mol. The summed E-state index contributed by atoms with van der Waals surface area (Å²) in [7, 11) is 0. The van der Waals surface area contributed by atoms with E-state index in [4.69, 9.17) is 17.3 Å². The van der Waals surface area contributed by atoms with Gasteiger partial charge in [0, 0.05) is 10.4 Å². The van der Waals surface area contributed by atoms with Crippen molar-refractivity contribution in [2.45, 2.75) is 38.5 Å². The van der Waals surface area contributed by atoms with E-state index in [1.165, 1.54) is 5.56 Å². The molecular weight excluding hydrogens is 234 g/mol. The van der Waals surface area contributed by atoms with Crippen LogP contribution in [-0.2, 0) is 4.79 Å². The van der Waals surface area contributed by atoms with E-state index in [0.29, 0.717) is 5.92 Å². The lowest BCUT2D eigenvalue weighted by Gasteiger charge is -2.35. The molecule has 1 saturated carbocycles. The Hall–Kier alpha value is -1.02. The summed E-state index contributed by atoms with van der Waals surface area (Å²) in [6.07, 6.45) is 3.83. The van der Waals surface area contributed by atoms with Crippen LogP contribution in [0.1, 0.15) is 44.1 Å². The van der Waals surface area contributed by atoms with Crippen molar-refractivity contribution in [3.8, 4) is 0 Å². The molecule has 1 aromatic rings. The second-order valence-corrected chi connectivity index (χ2v) is 5.69. The third kappa shape index (κ3) is 2.63. The molecule has 92 valence electrons. The Morgan fingerprint density at radius 2 is 1.82 bits per heavy atom. The number of carbonyl (C=O) groups is 1. The second-order valence-electron chi connectivity index (χ2n) is 5.25. The van der Waals surface area contributed by atoms with Crippen LogP contribution in [0, 0.1) is 5.41 Å². The van der Waals surface area contributed by atoms with Gasteiger partial charge in [0.1, 0.15) is 0 Å². The number of amides is 1. The van der Waals surface area contributed by atoms with Gasteiger partial charge in [-0.3, -0.25) is 4.79 Å². The zero-order chi connectivity index (χ0) is 12.5. The Balaban J connectivity index is 2.04. The molecule has 1 aliphatic carbocycles. The van der Waals surface area contributed by atoms with Crippen molar-refractivity contribution in [2.75, 3.05) is 0 Å². The van der Waals surface area contributed by atoms with Gasteiger partial charge in [0.05, 0.1) is 0 Å². The minimum Gasteiger partial charge on any atom is -0.369 e. The number of rotatable bonds is 2. The maximum absolute atomic E-state index is 11.4. The van der Waals surface area contributed by atoms with Gasteiger partial charge >= 0.3 is 0 Å². The summed E-state index contributed by atoms with van der Waals surface area (Å²) in [4.78, 5) is 11.4. The van der Waals surface area contributed by atoms with Crippen LogP contribution < -0.4 is 5.73 Å². The van der Waals surface area contributed by atoms with E-state index in [2.05, 4.69) is 12.1 Å². The lowest BCUT2D eigenvalue weighted by Crippen LogP contribution is -2.37. The first kappa shape index (κ1) is 12.4. The highest BCUT2D eigenvalue weighted by Crippen LogP contribution is 2.42. The number of benzene rings is 1. The molecule has 1 aromatic carbocycles. The summed E-state index contributed by atoms with van der Waals surface area (Å²) < 4.78 is 0. The summed E-state index contributed by atoms with van der Waals surface area (Å²) in [5.41, 5.74) is 6.47. The van der Waals surface area contributed by atoms with E-state index >= 15 is 0 Å². The van der Waals surface area contributed by atoms with Gasteiger partial charge in [-0.15, -0.1) is 0 Å². The fourth-order valence-corrected chi connectivity index (χ4v) is 2.70. The largest absolute Gasteiger partial charge is 0.369 e. The third-order valence-electron chi connectivity index (χ3n) is 4.03. The van der Waals surface area contributed by atoms with Gasteiger partial charge in [0.2, 0.25) is 5.91 Å². The van der Waals surface area contributed by atoms with Gasteiger partial charge < -0.3 is 5.73 Å². The molecule has 2 N–H and O–H groups in total. The Bertz CT molecular complexity index is 405. The fraction of sp³-hybridized carbons (Fsp3) is 0.500. The molecule has 3 heteroatoms. The van der Waals surface area contributed by atoms with Crippen molar-refractivity contribution in [2.24, 2.45) is 11.1 Å². The number of hydrogen-bond acceptors (Lipinski definition) is 1. The predicted molar refractivity (Wildman–Crippen MR) is 70.0 cm³/mol. The van der Waals surface area contributed by atoms with Crippen LogP contribution in [0.2, 0.25) is 5.02 Å². The zero-order valence-corrected chi connectivity index (χ0v) is 10.8. The third-order valence-corrected chi connectivity index (χ3v) is 4.28. The molecule has 0 aliphatic heterocycles. The SMILES string of the molecule is CC1(C(N)=O)CCC(c2ccc(Cl)cc2)CC1. The minimum absolute atomic E-state index is 0.160. The highest BCUT2D eigenvalue weighted by atomic mass is 35.5. The van der Waals surface area contributed by atoms with E-state index in [9.17, 15) is 4.79 Å². The highest BCUT2D eigenvalue weighted by Gasteiger charge is 2.36. The number of hydrogen-bond donors (Lipinski definition) is 1. The van der Waals surface area contributed by atoms with Crippen molar-refractivity contribution in [3.05, 3.63) is 34.9 Å². The predicted octanol–water partition coefficient (Wildman–Crippen LogP) is 3.49. The van der Waals surface area contributed by atoms with Crippen molar-refractivity contribution in [1.82, 2.24) is 0 Å². The Morgan fingerprint density at radius 3 is 2.29 bits per heavy atom. The first-order chi connectivity index (χ1) is 8.01. The van der Waals surface area contributed by atoms with Gasteiger partial charge in [-0.1, -0.05) is 30.7 Å². The normalized spacial score (nSPS) is 28.9. The Labute approximate surface area is 107 Å². The molecule has 2 nitrogen and oxygen atoms in total. The second kappa shape index (κ2) is 4.69. The van der Waals surface area contributed by atoms with Crippen LogP contribution in [0.5, 0.6) is 0 Å². The topological polar surface area (TPSA) is 43.1 Å². The zero-order valence-electron chi connectivity index (χ0n) is 10.1. The highest BCUT2D eigenvalue weighted by molar-refractivity contribution is 6.30. The standard InChI is InChI=1S/C14H18ClNO/c1-14(13(16)17)8-6-11(7-9-14)10-2-4-12(15)5-3-10/h2-5,11H,6-9H2,1H3,(H2,16,17). The lowest BCUT2D eigenvalue weighted by atomic mass is 9.70. The quantitative estimate of drug-likeness (QED) is 0.859. The van der Waals surface area contributed by atoms with Crippen LogP contribution in [0.3, 0.4) is 0 Å². The molecule has 0 unspecified atom stereocenters. The molecular formula is C14H18ClNO. The van der Waals surface area contributed by atoms with E-state index in [-0.39, 0.29) is 11.3 Å². The number of primary amides is 1. The number of halogens is 1. The van der Waals surface area contributed by atoms with Crippen molar-refractivity contribution >= 4 is 17.5 Å². The van der Waals surface area contributed by atoms with E-state index < -0.39 is 0 Å². The van der Waals surface area contributed by atoms with E-state index in [1.807, 2.05) is 19.1 Å². The van der Waals surface area contributed by atoms with Gasteiger partial charge in [-0.05, 0) is 49.3 Å². The van der Waals surface area contributed by atoms with Crippen LogP contribution in [0.15, 0.2) is 24.3 Å². The first-order valence-electron chi connectivity index (χ1n) is 6.07. The first-order valence-corrected chi connectivity index (χ1v) is 6.44. The van der Waals surface area contributed by atoms with Gasteiger partial charge in [0.15, 0.2) is 0 Å². The van der Waals surface area contributed by atoms with Crippen molar-refractivity contribution < 1.29 is 4.79 Å². The maximum atomic E-state index is 11.4. The molecule has 1 aliphatic rings. The molecule has 0 spiro atoms. The van der Waals surface area contributed by atoms with E-state index in [0.717, 1.165) is 30.7 Å². The summed E-state index contributed by atoms with van der Waals surface area (Å²) in [6, 6.07) is 8.03. The molecule has 1 fully saturated rings. The molecule has 2 rings (SSSR count). The minimum atomic E-state index is -0.303. The summed E-state index contributed by atoms with van der Waals surface area (Å²) in [5, 5.41) is 0.770. The molecule has 0 heterocycles. The lowest BCUT2D eigenvalue weighted by molar-refractivity contribution is -0.128. The molecule has 0 radical (unpaired) electrons. The van der Waals surface area contributed by atoms with Crippen molar-refractivity contribution in [3.63, 3.8) is 0 Å². The average molecular weight is 252 g/mol. The van der Waals surface area contributed by atoms with Gasteiger partial charge in [0.25, 0.3) is 0 Å². The van der Waals surface area contributed by atoms with Crippen LogP contribution in [-0.4, -0.2) is 5.91 Å². The molecule has 17 heavy (non-hydrogen) atoms. The van der Waals surface area contributed by atoms with Gasteiger partial charge in [-0.2, -0.15) is 0 Å². The van der Waals surface area contributed by atoms with Crippen LogP contribution in [0.4, 0.5) is 0 Å². The maximum Gasteiger partial charge on any atom is 0.223 e. The number of carbonyl (C=O) groups excluding carboxylic acids is 1. The fourth-order valence-electron chi connectivity index (χ4n) is 2.57. The molecule has 0 bridgehead atoms. The van der Waals surface area contributed by atoms with E-state index in [1.54, 1.807) is 0 Å². The van der Waals surface area contributed by atoms with Crippen molar-refractivity contribution in [1.29, 1.82) is 0 Å². The van der Waals surface area contributed by atoms with Crippen LogP contribution >= 0.6 is 11.6 Å². The molecule has 0 saturated heterocycles. The smallest absolute Gasteiger partial charge is 0.223 e. The Kier molecular flexibility index (Phi) is 3.43. The van der Waals surface area contributed by atoms with Gasteiger partial charge in [-0.25, -0.2) is 0 Å². The molecule has 0 aromatic heterocycles. The molecule has 0 atom stereocenters. The summed E-state index contributed by atoms with van der Waals surface area (Å²) in [6.45, 7) is 1.98. The number of nitrogens with two attached hydrogens (primary N) is 1. The summed E-state index contributed by atoms with van der Waals surface area (Å²) >= 11 is 5.88. The molecule has 1 amide bonds. The van der Waals surface area contributed by atoms with Crippen LogP contribution in [0.25, 0.3) is 0 Å². The summed E-state index contributed by atoms with van der Waals surface area (Å²) in [5.74, 6) is 0.381. The Morgan fingerprint density at radius 1 is 1.29 bits per heavy atom. The average Bonchev–Trinajstić information content (AvgIpc) is 2.31.